The Morgan fingerprint density at radius 1 is 1.50 bits per heavy atom. The zero-order valence-electron chi connectivity index (χ0n) is 8.01. The highest BCUT2D eigenvalue weighted by molar-refractivity contribution is 9.10. The molecule has 1 aromatic carbocycles. The molecule has 0 aliphatic heterocycles. The molecule has 1 aliphatic rings. The van der Waals surface area contributed by atoms with Crippen molar-refractivity contribution in [1.29, 1.82) is 0 Å². The van der Waals surface area contributed by atoms with Gasteiger partial charge < -0.3 is 5.73 Å². The highest BCUT2D eigenvalue weighted by Crippen LogP contribution is 2.49. The van der Waals surface area contributed by atoms with E-state index in [1.165, 1.54) is 0 Å². The Morgan fingerprint density at radius 3 is 2.57 bits per heavy atom. The molecule has 14 heavy (non-hydrogen) atoms. The van der Waals surface area contributed by atoms with Gasteiger partial charge in [0.05, 0.1) is 5.41 Å². The van der Waals surface area contributed by atoms with Gasteiger partial charge >= 0.3 is 0 Å². The number of Topliss-reactive ketones (excluding diaryl/α,β-unsaturated/α-hetero) is 1. The van der Waals surface area contributed by atoms with E-state index in [-0.39, 0.29) is 11.2 Å². The van der Waals surface area contributed by atoms with Gasteiger partial charge in [0.15, 0.2) is 0 Å². The van der Waals surface area contributed by atoms with Gasteiger partial charge in [0, 0.05) is 10.2 Å². The van der Waals surface area contributed by atoms with Crippen LogP contribution < -0.4 is 5.73 Å². The molecule has 0 atom stereocenters. The fourth-order valence-electron chi connectivity index (χ4n) is 1.79. The molecular weight excluding hydrogens is 242 g/mol. The zero-order valence-corrected chi connectivity index (χ0v) is 9.60. The monoisotopic (exact) mass is 253 g/mol. The fourth-order valence-corrected chi connectivity index (χ4v) is 2.17. The van der Waals surface area contributed by atoms with Crippen LogP contribution in [-0.4, -0.2) is 5.78 Å². The number of carbonyl (C=O) groups excluding carboxylic acids is 1. The lowest BCUT2D eigenvalue weighted by Gasteiger charge is -2.12. The maximum absolute atomic E-state index is 11.5. The van der Waals surface area contributed by atoms with Crippen molar-refractivity contribution in [2.24, 2.45) is 0 Å². The van der Waals surface area contributed by atoms with E-state index in [0.29, 0.717) is 5.69 Å². The smallest absolute Gasteiger partial charge is 0.140 e. The lowest BCUT2D eigenvalue weighted by molar-refractivity contribution is -0.119. The lowest BCUT2D eigenvalue weighted by atomic mass is 9.92. The van der Waals surface area contributed by atoms with Gasteiger partial charge in [-0.2, -0.15) is 0 Å². The molecule has 0 heterocycles. The number of carbonyl (C=O) groups is 1. The number of rotatable bonds is 2. The van der Waals surface area contributed by atoms with E-state index in [2.05, 4.69) is 15.9 Å². The second-order valence-electron chi connectivity index (χ2n) is 3.87. The predicted octanol–water partition coefficient (Wildman–Crippen LogP) is 2.65. The molecule has 3 heteroatoms. The largest absolute Gasteiger partial charge is 0.398 e. The SMILES string of the molecule is CC(=O)C1(c2ccc(N)c(Br)c2)CC1. The molecule has 1 aliphatic carbocycles. The molecular formula is C11H12BrNO. The second kappa shape index (κ2) is 3.09. The summed E-state index contributed by atoms with van der Waals surface area (Å²) in [6, 6.07) is 5.76. The molecule has 0 aromatic heterocycles. The van der Waals surface area contributed by atoms with Crippen LogP contribution in [0.3, 0.4) is 0 Å². The summed E-state index contributed by atoms with van der Waals surface area (Å²) < 4.78 is 0.877. The van der Waals surface area contributed by atoms with Crippen LogP contribution in [0.5, 0.6) is 0 Å². The quantitative estimate of drug-likeness (QED) is 0.824. The lowest BCUT2D eigenvalue weighted by Crippen LogP contribution is -2.16. The molecule has 0 amide bonds. The van der Waals surface area contributed by atoms with Crippen LogP contribution in [0.25, 0.3) is 0 Å². The minimum absolute atomic E-state index is 0.198. The van der Waals surface area contributed by atoms with Gasteiger partial charge in [-0.05, 0) is 53.4 Å². The number of halogens is 1. The zero-order chi connectivity index (χ0) is 10.3. The van der Waals surface area contributed by atoms with Crippen molar-refractivity contribution in [3.8, 4) is 0 Å². The van der Waals surface area contributed by atoms with Crippen LogP contribution in [0.15, 0.2) is 22.7 Å². The Balaban J connectivity index is 2.43. The predicted molar refractivity (Wildman–Crippen MR) is 60.1 cm³/mol. The molecule has 1 fully saturated rings. The van der Waals surface area contributed by atoms with Gasteiger partial charge in [-0.1, -0.05) is 6.07 Å². The highest BCUT2D eigenvalue weighted by atomic mass is 79.9. The first-order chi connectivity index (χ1) is 6.56. The minimum atomic E-state index is -0.198. The Morgan fingerprint density at radius 2 is 2.14 bits per heavy atom. The summed E-state index contributed by atoms with van der Waals surface area (Å²) in [5.74, 6) is 0.258. The summed E-state index contributed by atoms with van der Waals surface area (Å²) in [5, 5.41) is 0. The molecule has 0 bridgehead atoms. The van der Waals surface area contributed by atoms with Gasteiger partial charge in [0.25, 0.3) is 0 Å². The van der Waals surface area contributed by atoms with Gasteiger partial charge in [0.1, 0.15) is 5.78 Å². The third kappa shape index (κ3) is 1.36. The Bertz CT molecular complexity index is 396. The average molecular weight is 254 g/mol. The second-order valence-corrected chi connectivity index (χ2v) is 4.73. The summed E-state index contributed by atoms with van der Waals surface area (Å²) in [7, 11) is 0. The Hall–Kier alpha value is -0.830. The van der Waals surface area contributed by atoms with Gasteiger partial charge in [-0.15, -0.1) is 0 Å². The van der Waals surface area contributed by atoms with E-state index in [1.54, 1.807) is 6.92 Å². The number of hydrogen-bond donors (Lipinski definition) is 1. The molecule has 0 unspecified atom stereocenters. The maximum Gasteiger partial charge on any atom is 0.140 e. The first-order valence-corrected chi connectivity index (χ1v) is 5.42. The van der Waals surface area contributed by atoms with Crippen molar-refractivity contribution in [2.45, 2.75) is 25.2 Å². The van der Waals surface area contributed by atoms with Crippen molar-refractivity contribution in [2.75, 3.05) is 5.73 Å². The van der Waals surface area contributed by atoms with Crippen LogP contribution >= 0.6 is 15.9 Å². The van der Waals surface area contributed by atoms with Crippen LogP contribution in [-0.2, 0) is 10.2 Å². The summed E-state index contributed by atoms with van der Waals surface area (Å²) in [4.78, 5) is 11.5. The Kier molecular flexibility index (Phi) is 2.14. The van der Waals surface area contributed by atoms with Crippen molar-refractivity contribution in [1.82, 2.24) is 0 Å². The molecule has 1 aromatic rings. The number of benzene rings is 1. The van der Waals surface area contributed by atoms with E-state index < -0.39 is 0 Å². The van der Waals surface area contributed by atoms with E-state index in [1.807, 2.05) is 18.2 Å². The molecule has 2 N–H and O–H groups in total. The van der Waals surface area contributed by atoms with Gasteiger partial charge in [-0.25, -0.2) is 0 Å². The van der Waals surface area contributed by atoms with Crippen molar-refractivity contribution >= 4 is 27.4 Å². The number of anilines is 1. The van der Waals surface area contributed by atoms with Crippen molar-refractivity contribution < 1.29 is 4.79 Å². The fraction of sp³-hybridized carbons (Fsp3) is 0.364. The minimum Gasteiger partial charge on any atom is -0.398 e. The molecule has 74 valence electrons. The molecule has 1 saturated carbocycles. The van der Waals surface area contributed by atoms with E-state index in [4.69, 9.17) is 5.73 Å². The Labute approximate surface area is 91.6 Å². The van der Waals surface area contributed by atoms with Crippen molar-refractivity contribution in [3.05, 3.63) is 28.2 Å². The summed E-state index contributed by atoms with van der Waals surface area (Å²) >= 11 is 3.38. The number of ketones is 1. The summed E-state index contributed by atoms with van der Waals surface area (Å²) in [5.41, 5.74) is 7.30. The van der Waals surface area contributed by atoms with E-state index >= 15 is 0 Å². The topological polar surface area (TPSA) is 43.1 Å². The number of nitrogens with two attached hydrogens (primary N) is 1. The van der Waals surface area contributed by atoms with Gasteiger partial charge in [-0.3, -0.25) is 4.79 Å². The van der Waals surface area contributed by atoms with E-state index in [9.17, 15) is 4.79 Å². The first-order valence-electron chi connectivity index (χ1n) is 4.63. The van der Waals surface area contributed by atoms with Gasteiger partial charge in [0.2, 0.25) is 0 Å². The normalized spacial score (nSPS) is 17.9. The molecule has 0 saturated heterocycles. The highest BCUT2D eigenvalue weighted by Gasteiger charge is 2.48. The van der Waals surface area contributed by atoms with E-state index in [0.717, 1.165) is 22.9 Å². The number of hydrogen-bond acceptors (Lipinski definition) is 2. The molecule has 2 nitrogen and oxygen atoms in total. The first kappa shape index (κ1) is 9.71. The standard InChI is InChI=1S/C11H12BrNO/c1-7(14)11(4-5-11)8-2-3-10(13)9(12)6-8/h2-3,6H,4-5,13H2,1H3. The molecule has 0 radical (unpaired) electrons. The van der Waals surface area contributed by atoms with Crippen LogP contribution in [0.1, 0.15) is 25.3 Å². The van der Waals surface area contributed by atoms with Crippen LogP contribution in [0.2, 0.25) is 0 Å². The van der Waals surface area contributed by atoms with Crippen molar-refractivity contribution in [3.63, 3.8) is 0 Å². The summed E-state index contributed by atoms with van der Waals surface area (Å²) in [6.45, 7) is 1.66. The molecule has 0 spiro atoms. The van der Waals surface area contributed by atoms with Crippen LogP contribution in [0.4, 0.5) is 5.69 Å². The third-order valence-electron chi connectivity index (χ3n) is 2.98. The summed E-state index contributed by atoms with van der Waals surface area (Å²) in [6.07, 6.45) is 1.94. The maximum atomic E-state index is 11.5. The molecule has 2 rings (SSSR count). The third-order valence-corrected chi connectivity index (χ3v) is 3.66. The number of nitrogen functional groups attached to an aromatic ring is 1. The average Bonchev–Trinajstić information content (AvgIpc) is 2.90. The van der Waals surface area contributed by atoms with Crippen LogP contribution in [0, 0.1) is 0 Å².